The first kappa shape index (κ1) is 14.4. The zero-order chi connectivity index (χ0) is 11.9. The fraction of sp³-hybridized carbons (Fsp3) is 0.917. The Kier molecular flexibility index (Phi) is 6.57. The van der Waals surface area contributed by atoms with Gasteiger partial charge in [-0.1, -0.05) is 27.7 Å². The summed E-state index contributed by atoms with van der Waals surface area (Å²) in [6, 6.07) is 0. The molecule has 0 aliphatic heterocycles. The van der Waals surface area contributed by atoms with Crippen molar-refractivity contribution in [3.63, 3.8) is 0 Å². The van der Waals surface area contributed by atoms with Crippen LogP contribution in [0, 0.1) is 11.3 Å². The van der Waals surface area contributed by atoms with Crippen LogP contribution in [0.1, 0.15) is 40.5 Å². The van der Waals surface area contributed by atoms with E-state index in [2.05, 4.69) is 26.1 Å². The van der Waals surface area contributed by atoms with E-state index in [0.717, 1.165) is 19.4 Å². The SMILES string of the molecule is COC[C@@H](C)C(=O)NCCCC(C)(C)C. The zero-order valence-electron chi connectivity index (χ0n) is 10.7. The van der Waals surface area contributed by atoms with E-state index in [9.17, 15) is 4.79 Å². The van der Waals surface area contributed by atoms with Gasteiger partial charge in [0, 0.05) is 13.7 Å². The number of rotatable bonds is 6. The average molecular weight is 215 g/mol. The second-order valence-corrected chi connectivity index (χ2v) is 5.31. The van der Waals surface area contributed by atoms with Crippen molar-refractivity contribution in [2.24, 2.45) is 11.3 Å². The van der Waals surface area contributed by atoms with Gasteiger partial charge in [0.05, 0.1) is 12.5 Å². The van der Waals surface area contributed by atoms with Gasteiger partial charge in [-0.2, -0.15) is 0 Å². The highest BCUT2D eigenvalue weighted by atomic mass is 16.5. The van der Waals surface area contributed by atoms with E-state index < -0.39 is 0 Å². The van der Waals surface area contributed by atoms with Crippen molar-refractivity contribution in [3.8, 4) is 0 Å². The van der Waals surface area contributed by atoms with Gasteiger partial charge >= 0.3 is 0 Å². The van der Waals surface area contributed by atoms with Crippen molar-refractivity contribution < 1.29 is 9.53 Å². The molecule has 0 spiro atoms. The predicted molar refractivity (Wildman–Crippen MR) is 62.7 cm³/mol. The molecule has 0 aliphatic rings. The van der Waals surface area contributed by atoms with Gasteiger partial charge < -0.3 is 10.1 Å². The number of carbonyl (C=O) groups excluding carboxylic acids is 1. The summed E-state index contributed by atoms with van der Waals surface area (Å²) >= 11 is 0. The lowest BCUT2D eigenvalue weighted by Gasteiger charge is -2.18. The number of methoxy groups -OCH3 is 1. The molecule has 0 aliphatic carbocycles. The molecule has 3 heteroatoms. The standard InChI is InChI=1S/C12H25NO2/c1-10(9-15-5)11(14)13-8-6-7-12(2,3)4/h10H,6-9H2,1-5H3,(H,13,14)/t10-/m1/s1. The molecule has 0 heterocycles. The van der Waals surface area contributed by atoms with E-state index in [4.69, 9.17) is 4.74 Å². The first-order valence-electron chi connectivity index (χ1n) is 5.63. The first-order valence-corrected chi connectivity index (χ1v) is 5.63. The van der Waals surface area contributed by atoms with Crippen LogP contribution in [-0.2, 0) is 9.53 Å². The van der Waals surface area contributed by atoms with Crippen LogP contribution in [0.25, 0.3) is 0 Å². The van der Waals surface area contributed by atoms with E-state index in [1.807, 2.05) is 6.92 Å². The molecule has 15 heavy (non-hydrogen) atoms. The maximum Gasteiger partial charge on any atom is 0.225 e. The van der Waals surface area contributed by atoms with E-state index in [1.165, 1.54) is 0 Å². The molecule has 0 saturated heterocycles. The molecule has 0 saturated carbocycles. The molecular weight excluding hydrogens is 190 g/mol. The van der Waals surface area contributed by atoms with Crippen molar-refractivity contribution >= 4 is 5.91 Å². The molecule has 90 valence electrons. The summed E-state index contributed by atoms with van der Waals surface area (Å²) in [5.41, 5.74) is 0.350. The second kappa shape index (κ2) is 6.83. The topological polar surface area (TPSA) is 38.3 Å². The summed E-state index contributed by atoms with van der Waals surface area (Å²) in [6.45, 7) is 9.77. The Hall–Kier alpha value is -0.570. The lowest BCUT2D eigenvalue weighted by Crippen LogP contribution is -2.32. The Bertz CT molecular complexity index is 185. The second-order valence-electron chi connectivity index (χ2n) is 5.31. The molecule has 0 radical (unpaired) electrons. The Morgan fingerprint density at radius 1 is 1.40 bits per heavy atom. The van der Waals surface area contributed by atoms with Crippen LogP contribution in [0.2, 0.25) is 0 Å². The highest BCUT2D eigenvalue weighted by Crippen LogP contribution is 2.19. The van der Waals surface area contributed by atoms with Crippen LogP contribution in [0.3, 0.4) is 0 Å². The lowest BCUT2D eigenvalue weighted by atomic mass is 9.91. The first-order chi connectivity index (χ1) is 6.87. The Morgan fingerprint density at radius 2 is 2.00 bits per heavy atom. The normalized spacial score (nSPS) is 13.7. The maximum absolute atomic E-state index is 11.5. The number of carbonyl (C=O) groups is 1. The van der Waals surface area contributed by atoms with E-state index >= 15 is 0 Å². The molecule has 1 atom stereocenters. The molecule has 0 rings (SSSR count). The van der Waals surface area contributed by atoms with Crippen LogP contribution >= 0.6 is 0 Å². The summed E-state index contributed by atoms with van der Waals surface area (Å²) in [7, 11) is 1.61. The summed E-state index contributed by atoms with van der Waals surface area (Å²) in [5.74, 6) is 0.0374. The fourth-order valence-corrected chi connectivity index (χ4v) is 1.33. The minimum Gasteiger partial charge on any atom is -0.384 e. The van der Waals surface area contributed by atoms with Crippen LogP contribution in [-0.4, -0.2) is 26.2 Å². The number of hydrogen-bond acceptors (Lipinski definition) is 2. The highest BCUT2D eigenvalue weighted by Gasteiger charge is 2.13. The van der Waals surface area contributed by atoms with Gasteiger partial charge in [-0.3, -0.25) is 4.79 Å². The van der Waals surface area contributed by atoms with Gasteiger partial charge in [0.25, 0.3) is 0 Å². The number of amides is 1. The van der Waals surface area contributed by atoms with Crippen LogP contribution in [0.5, 0.6) is 0 Å². The highest BCUT2D eigenvalue weighted by molar-refractivity contribution is 5.78. The Morgan fingerprint density at radius 3 is 2.47 bits per heavy atom. The van der Waals surface area contributed by atoms with Crippen LogP contribution < -0.4 is 5.32 Å². The van der Waals surface area contributed by atoms with Gasteiger partial charge in [0.2, 0.25) is 5.91 Å². The lowest BCUT2D eigenvalue weighted by molar-refractivity contribution is -0.126. The minimum atomic E-state index is -0.0513. The van der Waals surface area contributed by atoms with Gasteiger partial charge in [0.15, 0.2) is 0 Å². The monoisotopic (exact) mass is 215 g/mol. The number of hydrogen-bond donors (Lipinski definition) is 1. The summed E-state index contributed by atoms with van der Waals surface area (Å²) in [6.07, 6.45) is 2.17. The molecule has 1 amide bonds. The van der Waals surface area contributed by atoms with Crippen LogP contribution in [0.4, 0.5) is 0 Å². The minimum absolute atomic E-state index is 0.0513. The van der Waals surface area contributed by atoms with Crippen molar-refractivity contribution in [1.82, 2.24) is 5.32 Å². The molecule has 0 fully saturated rings. The third-order valence-corrected chi connectivity index (χ3v) is 2.27. The average Bonchev–Trinajstić information content (AvgIpc) is 2.11. The summed E-state index contributed by atoms with van der Waals surface area (Å²) in [5, 5.41) is 2.92. The molecular formula is C12H25NO2. The Labute approximate surface area is 93.6 Å². The molecule has 0 unspecified atom stereocenters. The Balaban J connectivity index is 3.55. The summed E-state index contributed by atoms with van der Waals surface area (Å²) in [4.78, 5) is 11.5. The quantitative estimate of drug-likeness (QED) is 0.690. The molecule has 0 aromatic rings. The van der Waals surface area contributed by atoms with E-state index in [-0.39, 0.29) is 11.8 Å². The van der Waals surface area contributed by atoms with Crippen molar-refractivity contribution in [2.45, 2.75) is 40.5 Å². The zero-order valence-corrected chi connectivity index (χ0v) is 10.7. The third kappa shape index (κ3) is 8.43. The molecule has 1 N–H and O–H groups in total. The summed E-state index contributed by atoms with van der Waals surface area (Å²) < 4.78 is 4.92. The van der Waals surface area contributed by atoms with Crippen molar-refractivity contribution in [1.29, 1.82) is 0 Å². The smallest absolute Gasteiger partial charge is 0.225 e. The van der Waals surface area contributed by atoms with Gasteiger partial charge in [-0.15, -0.1) is 0 Å². The van der Waals surface area contributed by atoms with Crippen molar-refractivity contribution in [2.75, 3.05) is 20.3 Å². The fourth-order valence-electron chi connectivity index (χ4n) is 1.33. The molecule has 3 nitrogen and oxygen atoms in total. The number of nitrogens with one attached hydrogen (secondary N) is 1. The van der Waals surface area contributed by atoms with E-state index in [1.54, 1.807) is 7.11 Å². The van der Waals surface area contributed by atoms with Gasteiger partial charge in [-0.05, 0) is 18.3 Å². The molecule has 0 aromatic heterocycles. The maximum atomic E-state index is 11.5. The van der Waals surface area contributed by atoms with Crippen LogP contribution in [0.15, 0.2) is 0 Å². The van der Waals surface area contributed by atoms with Gasteiger partial charge in [-0.25, -0.2) is 0 Å². The van der Waals surface area contributed by atoms with E-state index in [0.29, 0.717) is 12.0 Å². The molecule has 0 bridgehead atoms. The largest absolute Gasteiger partial charge is 0.384 e. The van der Waals surface area contributed by atoms with Gasteiger partial charge in [0.1, 0.15) is 0 Å². The predicted octanol–water partition coefficient (Wildman–Crippen LogP) is 2.21. The number of ether oxygens (including phenoxy) is 1. The third-order valence-electron chi connectivity index (χ3n) is 2.27. The van der Waals surface area contributed by atoms with Crippen molar-refractivity contribution in [3.05, 3.63) is 0 Å². The molecule has 0 aromatic carbocycles.